The van der Waals surface area contributed by atoms with E-state index in [0.29, 0.717) is 12.0 Å². The average molecular weight is 391 g/mol. The number of ketones is 2. The van der Waals surface area contributed by atoms with Gasteiger partial charge in [-0.3, -0.25) is 9.59 Å². The van der Waals surface area contributed by atoms with Crippen molar-refractivity contribution in [2.45, 2.75) is 90.4 Å². The van der Waals surface area contributed by atoms with Crippen molar-refractivity contribution in [1.82, 2.24) is 0 Å². The second-order valence-electron chi connectivity index (χ2n) is 7.40. The minimum Gasteiger partial charge on any atom is -0.299 e. The molecule has 1 aromatic rings. The molecule has 0 atom stereocenters. The fraction of sp³-hybridized carbons (Fsp3) is 0.667. The number of unbranched alkanes of at least 4 members (excludes halogenated alkanes) is 9. The molecule has 0 aliphatic heterocycles. The second kappa shape index (κ2) is 17.0. The lowest BCUT2D eigenvalue weighted by Crippen LogP contribution is -2.08. The van der Waals surface area contributed by atoms with Gasteiger partial charge in [0, 0.05) is 12.0 Å². The van der Waals surface area contributed by atoms with Gasteiger partial charge in [-0.25, -0.2) is 0 Å². The van der Waals surface area contributed by atoms with E-state index in [-0.39, 0.29) is 18.0 Å². The van der Waals surface area contributed by atoms with E-state index in [9.17, 15) is 9.59 Å². The highest BCUT2D eigenvalue weighted by Gasteiger charge is 2.11. The Morgan fingerprint density at radius 1 is 0.741 bits per heavy atom. The van der Waals surface area contributed by atoms with E-state index in [2.05, 4.69) is 6.92 Å². The highest BCUT2D eigenvalue weighted by Crippen LogP contribution is 2.14. The van der Waals surface area contributed by atoms with Gasteiger partial charge in [-0.1, -0.05) is 95.0 Å². The van der Waals surface area contributed by atoms with Gasteiger partial charge in [-0.15, -0.1) is 0 Å². The van der Waals surface area contributed by atoms with Gasteiger partial charge in [0.1, 0.15) is 5.78 Å². The summed E-state index contributed by atoms with van der Waals surface area (Å²) in [6.07, 6.45) is 15.2. The van der Waals surface area contributed by atoms with Crippen molar-refractivity contribution in [3.05, 3.63) is 35.9 Å². The molecule has 3 heteroatoms. The first-order valence-electron chi connectivity index (χ1n) is 10.9. The van der Waals surface area contributed by atoms with Crippen molar-refractivity contribution in [2.75, 3.05) is 11.5 Å². The first-order valence-corrected chi connectivity index (χ1v) is 12.1. The monoisotopic (exact) mass is 390 g/mol. The predicted octanol–water partition coefficient (Wildman–Crippen LogP) is 7.26. The molecule has 0 amide bonds. The fourth-order valence-electron chi connectivity index (χ4n) is 3.16. The van der Waals surface area contributed by atoms with Crippen LogP contribution in [0.25, 0.3) is 0 Å². The molecule has 0 aromatic heterocycles. The molecule has 27 heavy (non-hydrogen) atoms. The van der Waals surface area contributed by atoms with Crippen molar-refractivity contribution in [3.63, 3.8) is 0 Å². The van der Waals surface area contributed by atoms with Gasteiger partial charge in [0.15, 0.2) is 5.78 Å². The first kappa shape index (κ1) is 23.9. The minimum atomic E-state index is -0.0568. The van der Waals surface area contributed by atoms with Crippen LogP contribution in [0.2, 0.25) is 0 Å². The van der Waals surface area contributed by atoms with Crippen LogP contribution in [-0.2, 0) is 4.79 Å². The SMILES string of the molecule is CCCCCCCCCCCCSCCCC(=O)CC(=O)c1ccccc1. The molecule has 2 nitrogen and oxygen atoms in total. The summed E-state index contributed by atoms with van der Waals surface area (Å²) in [4.78, 5) is 23.9. The molecule has 0 saturated heterocycles. The third-order valence-corrected chi connectivity index (χ3v) is 5.99. The van der Waals surface area contributed by atoms with Crippen LogP contribution < -0.4 is 0 Å². The Morgan fingerprint density at radius 3 is 1.93 bits per heavy atom. The standard InChI is InChI=1S/C24H38O2S/c1-2-3-4-5-6-7-8-9-10-14-19-27-20-15-18-23(25)21-24(26)22-16-12-11-13-17-22/h11-13,16-17H,2-10,14-15,18-21H2,1H3. The largest absolute Gasteiger partial charge is 0.299 e. The van der Waals surface area contributed by atoms with Gasteiger partial charge in [0.2, 0.25) is 0 Å². The zero-order valence-electron chi connectivity index (χ0n) is 17.2. The van der Waals surface area contributed by atoms with Gasteiger partial charge in [-0.2, -0.15) is 11.8 Å². The number of carbonyl (C=O) groups excluding carboxylic acids is 2. The molecule has 0 unspecified atom stereocenters. The van der Waals surface area contributed by atoms with Gasteiger partial charge in [0.05, 0.1) is 6.42 Å². The number of benzene rings is 1. The maximum absolute atomic E-state index is 12.0. The molecule has 0 aliphatic carbocycles. The van der Waals surface area contributed by atoms with Crippen LogP contribution in [0.15, 0.2) is 30.3 Å². The van der Waals surface area contributed by atoms with Crippen LogP contribution in [0.3, 0.4) is 0 Å². The smallest absolute Gasteiger partial charge is 0.170 e. The Labute approximate surface area is 170 Å². The Hall–Kier alpha value is -1.09. The van der Waals surface area contributed by atoms with Crippen LogP contribution in [-0.4, -0.2) is 23.1 Å². The predicted molar refractivity (Wildman–Crippen MR) is 119 cm³/mol. The maximum atomic E-state index is 12.0. The van der Waals surface area contributed by atoms with Crippen LogP contribution in [0.1, 0.15) is 101 Å². The molecule has 1 aromatic carbocycles. The van der Waals surface area contributed by atoms with E-state index >= 15 is 0 Å². The van der Waals surface area contributed by atoms with E-state index < -0.39 is 0 Å². The summed E-state index contributed by atoms with van der Waals surface area (Å²) < 4.78 is 0. The highest BCUT2D eigenvalue weighted by atomic mass is 32.2. The number of Topliss-reactive ketones (excluding diaryl/α,β-unsaturated/α-hetero) is 2. The normalized spacial score (nSPS) is 10.9. The van der Waals surface area contributed by atoms with Crippen LogP contribution in [0, 0.1) is 0 Å². The number of rotatable bonds is 18. The van der Waals surface area contributed by atoms with E-state index in [4.69, 9.17) is 0 Å². The lowest BCUT2D eigenvalue weighted by Gasteiger charge is -2.04. The Morgan fingerprint density at radius 2 is 1.30 bits per heavy atom. The maximum Gasteiger partial charge on any atom is 0.170 e. The molecule has 0 spiro atoms. The average Bonchev–Trinajstić information content (AvgIpc) is 2.69. The third kappa shape index (κ3) is 13.7. The summed E-state index contributed by atoms with van der Waals surface area (Å²) >= 11 is 1.95. The van der Waals surface area contributed by atoms with Crippen molar-refractivity contribution in [1.29, 1.82) is 0 Å². The molecule has 0 aliphatic rings. The van der Waals surface area contributed by atoms with E-state index in [1.54, 1.807) is 12.1 Å². The molecule has 0 saturated carbocycles. The Balaban J connectivity index is 1.86. The number of hydrogen-bond acceptors (Lipinski definition) is 3. The van der Waals surface area contributed by atoms with E-state index in [1.165, 1.54) is 70.0 Å². The molecule has 0 bridgehead atoms. The Kier molecular flexibility index (Phi) is 15.1. The Bertz CT molecular complexity index is 498. The van der Waals surface area contributed by atoms with E-state index in [1.807, 2.05) is 30.0 Å². The molecule has 1 rings (SSSR count). The summed E-state index contributed by atoms with van der Waals surface area (Å²) in [6.45, 7) is 2.27. The van der Waals surface area contributed by atoms with Crippen LogP contribution in [0.4, 0.5) is 0 Å². The van der Waals surface area contributed by atoms with Crippen molar-refractivity contribution in [2.24, 2.45) is 0 Å². The molecule has 0 N–H and O–H groups in total. The summed E-state index contributed by atoms with van der Waals surface area (Å²) in [5.74, 6) is 2.25. The number of carbonyl (C=O) groups is 2. The van der Waals surface area contributed by atoms with Crippen LogP contribution >= 0.6 is 11.8 Å². The van der Waals surface area contributed by atoms with Crippen molar-refractivity contribution < 1.29 is 9.59 Å². The zero-order valence-corrected chi connectivity index (χ0v) is 18.0. The second-order valence-corrected chi connectivity index (χ2v) is 8.63. The zero-order chi connectivity index (χ0) is 19.6. The van der Waals surface area contributed by atoms with Gasteiger partial charge in [0.25, 0.3) is 0 Å². The van der Waals surface area contributed by atoms with Crippen molar-refractivity contribution >= 4 is 23.3 Å². The molecule has 152 valence electrons. The summed E-state index contributed by atoms with van der Waals surface area (Å²) in [7, 11) is 0. The molecule has 0 fully saturated rings. The number of thioether (sulfide) groups is 1. The third-order valence-electron chi connectivity index (χ3n) is 4.84. The lowest BCUT2D eigenvalue weighted by molar-refractivity contribution is -0.118. The molecular formula is C24H38O2S. The number of hydrogen-bond donors (Lipinski definition) is 0. The van der Waals surface area contributed by atoms with Gasteiger partial charge >= 0.3 is 0 Å². The van der Waals surface area contributed by atoms with Crippen molar-refractivity contribution in [3.8, 4) is 0 Å². The fourth-order valence-corrected chi connectivity index (χ4v) is 4.12. The van der Waals surface area contributed by atoms with Crippen LogP contribution in [0.5, 0.6) is 0 Å². The van der Waals surface area contributed by atoms with E-state index in [0.717, 1.165) is 12.2 Å². The van der Waals surface area contributed by atoms with Gasteiger partial charge < -0.3 is 0 Å². The first-order chi connectivity index (χ1) is 13.2. The quantitative estimate of drug-likeness (QED) is 0.150. The lowest BCUT2D eigenvalue weighted by atomic mass is 10.0. The summed E-state index contributed by atoms with van der Waals surface area (Å²) in [5.41, 5.74) is 0.640. The molecule has 0 heterocycles. The summed E-state index contributed by atoms with van der Waals surface area (Å²) in [6, 6.07) is 9.10. The minimum absolute atomic E-state index is 0.0487. The molecule has 0 radical (unpaired) electrons. The van der Waals surface area contributed by atoms with Gasteiger partial charge in [-0.05, 0) is 24.3 Å². The molecular weight excluding hydrogens is 352 g/mol. The highest BCUT2D eigenvalue weighted by molar-refractivity contribution is 7.99. The summed E-state index contributed by atoms with van der Waals surface area (Å²) in [5, 5.41) is 0. The topological polar surface area (TPSA) is 34.1 Å².